The first-order chi connectivity index (χ1) is 19.5. The molecule has 41 heavy (non-hydrogen) atoms. The molecular weight excluding hydrogens is 522 g/mol. The van der Waals surface area contributed by atoms with Crippen LogP contribution in [0.1, 0.15) is 219 Å². The molecule has 0 aliphatic heterocycles. The number of quaternary nitrogens is 1. The summed E-state index contributed by atoms with van der Waals surface area (Å²) in [5.41, 5.74) is 0. The summed E-state index contributed by atoms with van der Waals surface area (Å²) in [5, 5.41) is 0. The molecule has 0 rings (SSSR count). The summed E-state index contributed by atoms with van der Waals surface area (Å²) in [6, 6.07) is 0. The van der Waals surface area contributed by atoms with Crippen LogP contribution in [0, 0.1) is 0 Å². The van der Waals surface area contributed by atoms with Crippen LogP contribution in [0.15, 0.2) is 0 Å². The lowest BCUT2D eigenvalue weighted by molar-refractivity contribution is -0.814. The fourth-order valence-corrected chi connectivity index (χ4v) is 6.13. The second-order valence-corrected chi connectivity index (χ2v) is 13.8. The molecule has 0 spiro atoms. The van der Waals surface area contributed by atoms with Gasteiger partial charge in [-0.1, -0.05) is 194 Å². The van der Waals surface area contributed by atoms with Crippen LogP contribution >= 0.6 is 0 Å². The van der Waals surface area contributed by atoms with Gasteiger partial charge in [-0.15, -0.1) is 0 Å². The van der Waals surface area contributed by atoms with Gasteiger partial charge in [-0.05, 0) is 19.3 Å². The zero-order valence-corrected chi connectivity index (χ0v) is 29.8. The van der Waals surface area contributed by atoms with E-state index >= 15 is 0 Å². The number of hydrogen-bond donors (Lipinski definition) is 0. The van der Waals surface area contributed by atoms with E-state index in [-0.39, 0.29) is 12.4 Å². The van der Waals surface area contributed by atoms with E-state index < -0.39 is 0 Å². The maximum atomic E-state index is 12.8. The van der Waals surface area contributed by atoms with Crippen molar-refractivity contribution in [3.05, 3.63) is 0 Å². The van der Waals surface area contributed by atoms with E-state index in [1.54, 1.807) is 0 Å². The summed E-state index contributed by atoms with van der Waals surface area (Å²) in [4.78, 5) is 12.8. The Bertz CT molecular complexity index is 507. The molecule has 1 amide bonds. The number of carbonyl (C=O) groups excluding carboxylic acids is 1. The zero-order valence-electron chi connectivity index (χ0n) is 29.1. The van der Waals surface area contributed by atoms with Gasteiger partial charge in [-0.25, -0.2) is 4.79 Å². The van der Waals surface area contributed by atoms with Crippen molar-refractivity contribution in [1.82, 2.24) is 0 Å². The van der Waals surface area contributed by atoms with Crippen molar-refractivity contribution in [2.24, 2.45) is 0 Å². The van der Waals surface area contributed by atoms with Crippen LogP contribution in [0.3, 0.4) is 0 Å². The molecule has 0 N–H and O–H groups in total. The molecule has 2 nitrogen and oxygen atoms in total. The Morgan fingerprint density at radius 2 is 0.585 bits per heavy atom. The second-order valence-electron chi connectivity index (χ2n) is 13.8. The number of halogens is 1. The fourth-order valence-electron chi connectivity index (χ4n) is 6.13. The van der Waals surface area contributed by atoms with E-state index in [0.717, 1.165) is 19.4 Å². The van der Waals surface area contributed by atoms with Crippen LogP contribution in [-0.2, 0) is 4.79 Å². The maximum Gasteiger partial charge on any atom is 0.313 e. The van der Waals surface area contributed by atoms with Gasteiger partial charge in [0, 0.05) is 0 Å². The van der Waals surface area contributed by atoms with Crippen LogP contribution in [0.25, 0.3) is 0 Å². The molecular formula is C38H78ClNO. The van der Waals surface area contributed by atoms with Crippen LogP contribution in [0.2, 0.25) is 0 Å². The molecule has 0 bridgehead atoms. The zero-order chi connectivity index (χ0) is 29.4. The first kappa shape index (κ1) is 43.0. The molecule has 0 saturated heterocycles. The third kappa shape index (κ3) is 32.7. The Hall–Kier alpha value is -0.0800. The van der Waals surface area contributed by atoms with Crippen molar-refractivity contribution < 1.29 is 21.7 Å². The van der Waals surface area contributed by atoms with Crippen LogP contribution in [0.4, 0.5) is 0 Å². The van der Waals surface area contributed by atoms with E-state index in [4.69, 9.17) is 0 Å². The number of unbranched alkanes of at least 4 members (excludes halogenated alkanes) is 29. The quantitative estimate of drug-likeness (QED) is 0.0541. The summed E-state index contributed by atoms with van der Waals surface area (Å²) in [6.07, 6.45) is 44.0. The monoisotopic (exact) mass is 600 g/mol. The highest BCUT2D eigenvalue weighted by Gasteiger charge is 2.24. The minimum Gasteiger partial charge on any atom is -1.00 e. The predicted octanol–water partition coefficient (Wildman–Crippen LogP) is 10.1. The highest BCUT2D eigenvalue weighted by Crippen LogP contribution is 2.17. The summed E-state index contributed by atoms with van der Waals surface area (Å²) in [6.45, 7) is 5.62. The van der Waals surface area contributed by atoms with E-state index in [2.05, 4.69) is 27.9 Å². The first-order valence-electron chi connectivity index (χ1n) is 18.9. The maximum absolute atomic E-state index is 12.8. The Kier molecular flexibility index (Phi) is 36.1. The van der Waals surface area contributed by atoms with E-state index in [1.165, 1.54) is 193 Å². The van der Waals surface area contributed by atoms with Crippen molar-refractivity contribution in [1.29, 1.82) is 0 Å². The molecule has 0 aromatic carbocycles. The van der Waals surface area contributed by atoms with Crippen molar-refractivity contribution >= 4 is 5.91 Å². The van der Waals surface area contributed by atoms with Crippen LogP contribution in [0.5, 0.6) is 0 Å². The van der Waals surface area contributed by atoms with Gasteiger partial charge in [-0.3, -0.25) is 4.48 Å². The van der Waals surface area contributed by atoms with Gasteiger partial charge in [-0.2, -0.15) is 0 Å². The fraction of sp³-hybridized carbons (Fsp3) is 0.974. The van der Waals surface area contributed by atoms with Crippen LogP contribution in [-0.4, -0.2) is 31.0 Å². The molecule has 0 fully saturated rings. The average molecular weight is 601 g/mol. The van der Waals surface area contributed by atoms with Gasteiger partial charge in [0.1, 0.15) is 0 Å². The number of carbonyl (C=O) groups is 1. The van der Waals surface area contributed by atoms with Crippen molar-refractivity contribution in [2.75, 3.05) is 20.6 Å². The van der Waals surface area contributed by atoms with E-state index in [9.17, 15) is 4.79 Å². The van der Waals surface area contributed by atoms with Crippen molar-refractivity contribution in [3.63, 3.8) is 0 Å². The Morgan fingerprint density at radius 3 is 0.854 bits per heavy atom. The minimum atomic E-state index is 0. The lowest BCUT2D eigenvalue weighted by Crippen LogP contribution is -3.00. The number of amides is 1. The SMILES string of the molecule is CCCCCCCCCCCCCCCCCC[N+](C)(C)C(=O)CCCCCCCCCCCCCCCCC.[Cl-]. The number of nitrogens with zero attached hydrogens (tertiary/aromatic N) is 1. The molecule has 0 unspecified atom stereocenters. The van der Waals surface area contributed by atoms with Gasteiger partial charge < -0.3 is 12.4 Å². The number of rotatable bonds is 33. The Morgan fingerprint density at radius 1 is 0.366 bits per heavy atom. The Labute approximate surface area is 267 Å². The molecule has 0 radical (unpaired) electrons. The summed E-state index contributed by atoms with van der Waals surface area (Å²) in [7, 11) is 4.28. The lowest BCUT2D eigenvalue weighted by Gasteiger charge is -2.27. The number of hydrogen-bond acceptors (Lipinski definition) is 1. The van der Waals surface area contributed by atoms with Crippen molar-refractivity contribution in [2.45, 2.75) is 219 Å². The smallest absolute Gasteiger partial charge is 0.313 e. The standard InChI is InChI=1S/C38H78NO.ClH/c1-5-7-9-11-13-15-17-19-21-23-25-27-29-31-33-35-37-39(3,4)38(40)36-34-32-30-28-26-24-22-20-18-16-14-12-10-8-6-2;/h5-37H2,1-4H3;1H/q+1;/p-1. The van der Waals surface area contributed by atoms with Gasteiger partial charge >= 0.3 is 5.91 Å². The van der Waals surface area contributed by atoms with Gasteiger partial charge in [0.2, 0.25) is 0 Å². The normalized spacial score (nSPS) is 11.6. The van der Waals surface area contributed by atoms with Gasteiger partial charge in [0.15, 0.2) is 0 Å². The van der Waals surface area contributed by atoms with Crippen molar-refractivity contribution in [3.8, 4) is 0 Å². The highest BCUT2D eigenvalue weighted by molar-refractivity contribution is 5.68. The second kappa shape index (κ2) is 34.4. The molecule has 0 aliphatic rings. The molecule has 0 atom stereocenters. The minimum absolute atomic E-state index is 0. The Balaban J connectivity index is 0. The van der Waals surface area contributed by atoms with Crippen LogP contribution < -0.4 is 12.4 Å². The summed E-state index contributed by atoms with van der Waals surface area (Å²) < 4.78 is 0.594. The van der Waals surface area contributed by atoms with E-state index in [1.807, 2.05) is 0 Å². The first-order valence-corrected chi connectivity index (χ1v) is 18.9. The molecule has 0 aromatic rings. The third-order valence-electron chi connectivity index (χ3n) is 9.24. The lowest BCUT2D eigenvalue weighted by atomic mass is 10.0. The summed E-state index contributed by atoms with van der Waals surface area (Å²) in [5.74, 6) is 0.454. The molecule has 0 aromatic heterocycles. The summed E-state index contributed by atoms with van der Waals surface area (Å²) >= 11 is 0. The topological polar surface area (TPSA) is 17.1 Å². The van der Waals surface area contributed by atoms with E-state index in [0.29, 0.717) is 10.4 Å². The molecule has 0 aliphatic carbocycles. The third-order valence-corrected chi connectivity index (χ3v) is 9.24. The van der Waals surface area contributed by atoms with Gasteiger partial charge in [0.25, 0.3) is 0 Å². The molecule has 0 saturated carbocycles. The molecule has 3 heteroatoms. The largest absolute Gasteiger partial charge is 1.00 e. The van der Waals surface area contributed by atoms with Gasteiger partial charge in [0.05, 0.1) is 27.1 Å². The predicted molar refractivity (Wildman–Crippen MR) is 181 cm³/mol. The molecule has 0 heterocycles. The molecule has 248 valence electrons. The highest BCUT2D eigenvalue weighted by atomic mass is 35.5. The average Bonchev–Trinajstić information content (AvgIpc) is 2.94.